The summed E-state index contributed by atoms with van der Waals surface area (Å²) >= 11 is 5.89. The Morgan fingerprint density at radius 2 is 1.81 bits per heavy atom. The Bertz CT molecular complexity index is 1230. The largest absolute Gasteiger partial charge is 0.472 e. The standard InChI is InChI=1S/C24H20ClN3O4/c25-19-7-3-17(4-8-19)16-32-22-11-12-23(29)28(27-22)20-9-5-18(6-10-20)24(30)26-14-13-21-2-1-15-31-21/h1-12,15H,13-14,16H2,(H,26,30). The van der Waals surface area contributed by atoms with Crippen LogP contribution in [-0.2, 0) is 13.0 Å². The van der Waals surface area contributed by atoms with Gasteiger partial charge < -0.3 is 14.5 Å². The Labute approximate surface area is 189 Å². The number of amides is 1. The average Bonchev–Trinajstić information content (AvgIpc) is 3.33. The number of ether oxygens (including phenoxy) is 1. The third-order valence-corrected chi connectivity index (χ3v) is 4.94. The first-order valence-corrected chi connectivity index (χ1v) is 10.3. The summed E-state index contributed by atoms with van der Waals surface area (Å²) in [5.74, 6) is 0.909. The van der Waals surface area contributed by atoms with Gasteiger partial charge in [-0.25, -0.2) is 0 Å². The Morgan fingerprint density at radius 3 is 2.53 bits per heavy atom. The Kier molecular flexibility index (Phi) is 6.67. The molecule has 0 saturated heterocycles. The number of rotatable bonds is 8. The van der Waals surface area contributed by atoms with Crippen molar-refractivity contribution in [1.82, 2.24) is 15.1 Å². The number of halogens is 1. The molecule has 0 aliphatic heterocycles. The van der Waals surface area contributed by atoms with Gasteiger partial charge in [-0.3, -0.25) is 9.59 Å². The molecule has 0 bridgehead atoms. The molecule has 0 saturated carbocycles. The number of carbonyl (C=O) groups excluding carboxylic acids is 1. The van der Waals surface area contributed by atoms with Crippen molar-refractivity contribution in [3.05, 3.63) is 111 Å². The van der Waals surface area contributed by atoms with Crippen LogP contribution in [0.5, 0.6) is 5.88 Å². The van der Waals surface area contributed by atoms with E-state index in [1.54, 1.807) is 42.7 Å². The summed E-state index contributed by atoms with van der Waals surface area (Å²) in [5.41, 5.74) is 1.63. The lowest BCUT2D eigenvalue weighted by atomic mass is 10.2. The second-order valence-corrected chi connectivity index (χ2v) is 7.41. The van der Waals surface area contributed by atoms with E-state index in [0.29, 0.717) is 41.7 Å². The second-order valence-electron chi connectivity index (χ2n) is 6.97. The van der Waals surface area contributed by atoms with Crippen molar-refractivity contribution in [2.75, 3.05) is 6.54 Å². The SMILES string of the molecule is O=C(NCCc1ccco1)c1ccc(-n2nc(OCc3ccc(Cl)cc3)ccc2=O)cc1. The van der Waals surface area contributed by atoms with Crippen LogP contribution in [0.1, 0.15) is 21.7 Å². The van der Waals surface area contributed by atoms with E-state index in [4.69, 9.17) is 20.8 Å². The van der Waals surface area contributed by atoms with Crippen molar-refractivity contribution in [1.29, 1.82) is 0 Å². The molecule has 2 aromatic heterocycles. The van der Waals surface area contributed by atoms with Crippen LogP contribution in [-0.4, -0.2) is 22.2 Å². The molecule has 0 spiro atoms. The van der Waals surface area contributed by atoms with Crippen LogP contribution < -0.4 is 15.6 Å². The van der Waals surface area contributed by atoms with Crippen molar-refractivity contribution in [2.45, 2.75) is 13.0 Å². The zero-order valence-electron chi connectivity index (χ0n) is 17.0. The van der Waals surface area contributed by atoms with Crippen molar-refractivity contribution >= 4 is 17.5 Å². The van der Waals surface area contributed by atoms with Gasteiger partial charge in [-0.2, -0.15) is 4.68 Å². The molecule has 4 aromatic rings. The van der Waals surface area contributed by atoms with Gasteiger partial charge in [-0.15, -0.1) is 5.10 Å². The van der Waals surface area contributed by atoms with E-state index in [1.807, 2.05) is 24.3 Å². The third kappa shape index (κ3) is 5.44. The number of nitrogens with one attached hydrogen (secondary N) is 1. The molecule has 2 heterocycles. The molecular formula is C24H20ClN3O4. The van der Waals surface area contributed by atoms with Gasteiger partial charge in [0.1, 0.15) is 12.4 Å². The van der Waals surface area contributed by atoms with Crippen LogP contribution in [0.3, 0.4) is 0 Å². The minimum absolute atomic E-state index is 0.205. The quantitative estimate of drug-likeness (QED) is 0.439. The van der Waals surface area contributed by atoms with E-state index in [0.717, 1.165) is 11.3 Å². The molecule has 162 valence electrons. The lowest BCUT2D eigenvalue weighted by molar-refractivity contribution is 0.0953. The maximum atomic E-state index is 12.3. The molecule has 32 heavy (non-hydrogen) atoms. The first-order valence-electron chi connectivity index (χ1n) is 9.97. The molecule has 1 N–H and O–H groups in total. The highest BCUT2D eigenvalue weighted by molar-refractivity contribution is 6.30. The van der Waals surface area contributed by atoms with Crippen LogP contribution in [0.2, 0.25) is 5.02 Å². The van der Waals surface area contributed by atoms with Crippen LogP contribution >= 0.6 is 11.6 Å². The van der Waals surface area contributed by atoms with Gasteiger partial charge in [-0.05, 0) is 54.1 Å². The van der Waals surface area contributed by atoms with E-state index >= 15 is 0 Å². The summed E-state index contributed by atoms with van der Waals surface area (Å²) in [4.78, 5) is 24.6. The van der Waals surface area contributed by atoms with Crippen LogP contribution in [0.25, 0.3) is 5.69 Å². The molecule has 7 nitrogen and oxygen atoms in total. The predicted molar refractivity (Wildman–Crippen MR) is 120 cm³/mol. The fourth-order valence-electron chi connectivity index (χ4n) is 3.00. The van der Waals surface area contributed by atoms with Gasteiger partial charge in [-0.1, -0.05) is 23.7 Å². The van der Waals surface area contributed by atoms with E-state index < -0.39 is 0 Å². The highest BCUT2D eigenvalue weighted by Gasteiger charge is 2.09. The second kappa shape index (κ2) is 9.98. The van der Waals surface area contributed by atoms with Gasteiger partial charge >= 0.3 is 0 Å². The maximum Gasteiger partial charge on any atom is 0.271 e. The van der Waals surface area contributed by atoms with Gasteiger partial charge in [0, 0.05) is 35.7 Å². The number of nitrogens with zero attached hydrogens (tertiary/aromatic N) is 2. The van der Waals surface area contributed by atoms with E-state index in [9.17, 15) is 9.59 Å². The lowest BCUT2D eigenvalue weighted by Gasteiger charge is -2.09. The summed E-state index contributed by atoms with van der Waals surface area (Å²) < 4.78 is 12.2. The van der Waals surface area contributed by atoms with Gasteiger partial charge in [0.15, 0.2) is 0 Å². The Morgan fingerprint density at radius 1 is 1.03 bits per heavy atom. The van der Waals surface area contributed by atoms with Crippen LogP contribution in [0, 0.1) is 0 Å². The number of furan rings is 1. The highest BCUT2D eigenvalue weighted by atomic mass is 35.5. The third-order valence-electron chi connectivity index (χ3n) is 4.69. The van der Waals surface area contributed by atoms with Crippen molar-refractivity contribution < 1.29 is 13.9 Å². The summed E-state index contributed by atoms with van der Waals surface area (Å²) in [6.07, 6.45) is 2.21. The molecule has 0 aliphatic rings. The van der Waals surface area contributed by atoms with Gasteiger partial charge in [0.05, 0.1) is 12.0 Å². The Balaban J connectivity index is 1.40. The number of carbonyl (C=O) groups is 1. The molecule has 2 aromatic carbocycles. The molecule has 1 amide bonds. The maximum absolute atomic E-state index is 12.3. The number of hydrogen-bond acceptors (Lipinski definition) is 5. The van der Waals surface area contributed by atoms with Gasteiger partial charge in [0.25, 0.3) is 11.5 Å². The molecule has 0 radical (unpaired) electrons. The van der Waals surface area contributed by atoms with E-state index in [-0.39, 0.29) is 11.5 Å². The number of hydrogen-bond donors (Lipinski definition) is 1. The molecule has 0 atom stereocenters. The monoisotopic (exact) mass is 449 g/mol. The minimum Gasteiger partial charge on any atom is -0.472 e. The zero-order valence-corrected chi connectivity index (χ0v) is 17.8. The molecule has 0 unspecified atom stereocenters. The van der Waals surface area contributed by atoms with Crippen LogP contribution in [0.4, 0.5) is 0 Å². The van der Waals surface area contributed by atoms with Gasteiger partial charge in [0.2, 0.25) is 5.88 Å². The molecule has 4 rings (SSSR count). The summed E-state index contributed by atoms with van der Waals surface area (Å²) in [6.45, 7) is 0.752. The Hall–Kier alpha value is -3.84. The lowest BCUT2D eigenvalue weighted by Crippen LogP contribution is -2.25. The molecule has 0 aliphatic carbocycles. The summed E-state index contributed by atoms with van der Waals surface area (Å²) in [7, 11) is 0. The molecule has 0 fully saturated rings. The minimum atomic E-state index is -0.306. The van der Waals surface area contributed by atoms with E-state index in [1.165, 1.54) is 16.8 Å². The van der Waals surface area contributed by atoms with Crippen LogP contribution in [0.15, 0.2) is 88.3 Å². The summed E-state index contributed by atoms with van der Waals surface area (Å²) in [6, 6.07) is 20.5. The fourth-order valence-corrected chi connectivity index (χ4v) is 3.13. The number of benzene rings is 2. The zero-order chi connectivity index (χ0) is 22.3. The normalized spacial score (nSPS) is 10.7. The van der Waals surface area contributed by atoms with Crippen molar-refractivity contribution in [2.24, 2.45) is 0 Å². The van der Waals surface area contributed by atoms with Crippen molar-refractivity contribution in [3.8, 4) is 11.6 Å². The van der Waals surface area contributed by atoms with Crippen molar-refractivity contribution in [3.63, 3.8) is 0 Å². The first kappa shape index (κ1) is 21.4. The fraction of sp³-hybridized carbons (Fsp3) is 0.125. The first-order chi connectivity index (χ1) is 15.6. The number of aromatic nitrogens is 2. The predicted octanol–water partition coefficient (Wildman–Crippen LogP) is 4.03. The smallest absolute Gasteiger partial charge is 0.271 e. The van der Waals surface area contributed by atoms with E-state index in [2.05, 4.69) is 10.4 Å². The summed E-state index contributed by atoms with van der Waals surface area (Å²) in [5, 5.41) is 7.76. The molecule has 8 heteroatoms. The topological polar surface area (TPSA) is 86.4 Å². The average molecular weight is 450 g/mol. The molecular weight excluding hydrogens is 430 g/mol. The highest BCUT2D eigenvalue weighted by Crippen LogP contribution is 2.13.